The number of unbranched alkanes of at least 4 members (excludes halogenated alkanes) is 6. The van der Waals surface area contributed by atoms with E-state index < -0.39 is 0 Å². The fraction of sp³-hybridized carbons (Fsp3) is 0.556. The predicted molar refractivity (Wildman–Crippen MR) is 87.2 cm³/mol. The zero-order valence-electron chi connectivity index (χ0n) is 13.3. The maximum Gasteiger partial charge on any atom is 0.226 e. The van der Waals surface area contributed by atoms with Crippen LogP contribution >= 0.6 is 0 Å². The molecule has 1 rings (SSSR count). The Morgan fingerprint density at radius 1 is 1.14 bits per heavy atom. The van der Waals surface area contributed by atoms with E-state index in [1.807, 2.05) is 12.1 Å². The number of anilines is 1. The van der Waals surface area contributed by atoms with Gasteiger partial charge in [0.2, 0.25) is 5.91 Å². The molecule has 0 saturated carbocycles. The Morgan fingerprint density at radius 3 is 2.48 bits per heavy atom. The highest BCUT2D eigenvalue weighted by Crippen LogP contribution is 2.16. The van der Waals surface area contributed by atoms with Gasteiger partial charge in [-0.1, -0.05) is 51.5 Å². The SMILES string of the molecule is CCCCCCCCCC(=O)N(C)c1cccc(C#N)c1. The molecule has 0 aliphatic heterocycles. The van der Waals surface area contributed by atoms with Gasteiger partial charge in [-0.25, -0.2) is 0 Å². The van der Waals surface area contributed by atoms with Crippen molar-refractivity contribution < 1.29 is 4.79 Å². The van der Waals surface area contributed by atoms with Crippen molar-refractivity contribution in [3.8, 4) is 6.07 Å². The third-order valence-electron chi connectivity index (χ3n) is 3.73. The Hall–Kier alpha value is -1.82. The molecule has 0 aromatic heterocycles. The Balaban J connectivity index is 2.29. The molecule has 0 aliphatic carbocycles. The largest absolute Gasteiger partial charge is 0.315 e. The van der Waals surface area contributed by atoms with Gasteiger partial charge in [0.1, 0.15) is 0 Å². The van der Waals surface area contributed by atoms with E-state index in [1.54, 1.807) is 24.1 Å². The van der Waals surface area contributed by atoms with Gasteiger partial charge in [-0.15, -0.1) is 0 Å². The summed E-state index contributed by atoms with van der Waals surface area (Å²) in [5, 5.41) is 8.89. The number of nitrogens with zero attached hydrogens (tertiary/aromatic N) is 2. The molecule has 0 radical (unpaired) electrons. The molecule has 3 heteroatoms. The molecular formula is C18H26N2O. The maximum atomic E-state index is 12.1. The Morgan fingerprint density at radius 2 is 1.81 bits per heavy atom. The number of hydrogen-bond donors (Lipinski definition) is 0. The van der Waals surface area contributed by atoms with Crippen LogP contribution in [0.2, 0.25) is 0 Å². The Bertz CT molecular complexity index is 476. The van der Waals surface area contributed by atoms with E-state index in [4.69, 9.17) is 5.26 Å². The zero-order chi connectivity index (χ0) is 15.5. The van der Waals surface area contributed by atoms with Crippen molar-refractivity contribution in [3.63, 3.8) is 0 Å². The van der Waals surface area contributed by atoms with E-state index in [2.05, 4.69) is 13.0 Å². The average molecular weight is 286 g/mol. The highest BCUT2D eigenvalue weighted by atomic mass is 16.2. The molecule has 1 aromatic carbocycles. The zero-order valence-corrected chi connectivity index (χ0v) is 13.3. The van der Waals surface area contributed by atoms with Crippen LogP contribution in [-0.4, -0.2) is 13.0 Å². The van der Waals surface area contributed by atoms with E-state index in [1.165, 1.54) is 32.1 Å². The van der Waals surface area contributed by atoms with Crippen LogP contribution in [0.25, 0.3) is 0 Å². The van der Waals surface area contributed by atoms with Gasteiger partial charge < -0.3 is 4.90 Å². The monoisotopic (exact) mass is 286 g/mol. The number of nitriles is 1. The van der Waals surface area contributed by atoms with Gasteiger partial charge in [-0.05, 0) is 24.6 Å². The first-order valence-corrected chi connectivity index (χ1v) is 7.95. The van der Waals surface area contributed by atoms with Crippen LogP contribution in [0.15, 0.2) is 24.3 Å². The van der Waals surface area contributed by atoms with Crippen molar-refractivity contribution in [1.29, 1.82) is 5.26 Å². The fourth-order valence-electron chi connectivity index (χ4n) is 2.33. The first kappa shape index (κ1) is 17.2. The van der Waals surface area contributed by atoms with Crippen LogP contribution in [0, 0.1) is 11.3 Å². The molecular weight excluding hydrogens is 260 g/mol. The van der Waals surface area contributed by atoms with Crippen molar-refractivity contribution >= 4 is 11.6 Å². The molecule has 0 atom stereocenters. The van der Waals surface area contributed by atoms with E-state index in [9.17, 15) is 4.79 Å². The molecule has 1 aromatic rings. The number of amides is 1. The normalized spacial score (nSPS) is 10.1. The van der Waals surface area contributed by atoms with Crippen molar-refractivity contribution in [2.45, 2.75) is 58.3 Å². The minimum Gasteiger partial charge on any atom is -0.315 e. The molecule has 0 aliphatic rings. The van der Waals surface area contributed by atoms with E-state index >= 15 is 0 Å². The smallest absolute Gasteiger partial charge is 0.226 e. The summed E-state index contributed by atoms with van der Waals surface area (Å²) in [5.41, 5.74) is 1.38. The van der Waals surface area contributed by atoms with Gasteiger partial charge in [-0.2, -0.15) is 5.26 Å². The summed E-state index contributed by atoms with van der Waals surface area (Å²) in [5.74, 6) is 0.124. The number of hydrogen-bond acceptors (Lipinski definition) is 2. The Kier molecular flexibility index (Phi) is 8.19. The van der Waals surface area contributed by atoms with E-state index in [-0.39, 0.29) is 5.91 Å². The van der Waals surface area contributed by atoms with Crippen LogP contribution in [0.4, 0.5) is 5.69 Å². The summed E-state index contributed by atoms with van der Waals surface area (Å²) in [7, 11) is 1.78. The molecule has 3 nitrogen and oxygen atoms in total. The lowest BCUT2D eigenvalue weighted by Gasteiger charge is -2.17. The highest BCUT2D eigenvalue weighted by Gasteiger charge is 2.10. The molecule has 114 valence electrons. The molecule has 0 fully saturated rings. The predicted octanol–water partition coefficient (Wildman–Crippen LogP) is 4.66. The summed E-state index contributed by atoms with van der Waals surface area (Å²) in [4.78, 5) is 13.8. The second-order valence-electron chi connectivity index (χ2n) is 5.49. The summed E-state index contributed by atoms with van der Waals surface area (Å²) in [6.07, 6.45) is 9.06. The van der Waals surface area contributed by atoms with Crippen LogP contribution < -0.4 is 4.90 Å². The van der Waals surface area contributed by atoms with Crippen LogP contribution in [0.1, 0.15) is 63.9 Å². The lowest BCUT2D eigenvalue weighted by atomic mass is 10.1. The van der Waals surface area contributed by atoms with Crippen LogP contribution in [0.5, 0.6) is 0 Å². The molecule has 0 saturated heterocycles. The third kappa shape index (κ3) is 6.44. The average Bonchev–Trinajstić information content (AvgIpc) is 2.53. The third-order valence-corrected chi connectivity index (χ3v) is 3.73. The topological polar surface area (TPSA) is 44.1 Å². The molecule has 0 spiro atoms. The second kappa shape index (κ2) is 9.99. The quantitative estimate of drug-likeness (QED) is 0.620. The number of carbonyl (C=O) groups is 1. The lowest BCUT2D eigenvalue weighted by Crippen LogP contribution is -2.25. The molecule has 0 bridgehead atoms. The first-order valence-electron chi connectivity index (χ1n) is 7.95. The minimum absolute atomic E-state index is 0.124. The van der Waals surface area contributed by atoms with E-state index in [0.717, 1.165) is 18.5 Å². The summed E-state index contributed by atoms with van der Waals surface area (Å²) in [6, 6.07) is 9.28. The highest BCUT2D eigenvalue weighted by molar-refractivity contribution is 5.92. The van der Waals surface area contributed by atoms with Crippen LogP contribution in [-0.2, 0) is 4.79 Å². The van der Waals surface area contributed by atoms with Crippen LogP contribution in [0.3, 0.4) is 0 Å². The maximum absolute atomic E-state index is 12.1. The summed E-state index contributed by atoms with van der Waals surface area (Å²) in [6.45, 7) is 2.22. The van der Waals surface area contributed by atoms with Crippen molar-refractivity contribution in [3.05, 3.63) is 29.8 Å². The van der Waals surface area contributed by atoms with Crippen molar-refractivity contribution in [2.24, 2.45) is 0 Å². The van der Waals surface area contributed by atoms with Gasteiger partial charge in [0, 0.05) is 19.2 Å². The van der Waals surface area contributed by atoms with Gasteiger partial charge in [0.15, 0.2) is 0 Å². The molecule has 0 N–H and O–H groups in total. The van der Waals surface area contributed by atoms with Gasteiger partial charge >= 0.3 is 0 Å². The summed E-state index contributed by atoms with van der Waals surface area (Å²) >= 11 is 0. The number of carbonyl (C=O) groups excluding carboxylic acids is 1. The molecule has 0 unspecified atom stereocenters. The second-order valence-corrected chi connectivity index (χ2v) is 5.49. The van der Waals surface area contributed by atoms with Crippen molar-refractivity contribution in [2.75, 3.05) is 11.9 Å². The fourth-order valence-corrected chi connectivity index (χ4v) is 2.33. The van der Waals surface area contributed by atoms with Crippen molar-refractivity contribution in [1.82, 2.24) is 0 Å². The standard InChI is InChI=1S/C18H26N2O/c1-3-4-5-6-7-8-9-13-18(21)20(2)17-12-10-11-16(14-17)15-19/h10-12,14H,3-9,13H2,1-2H3. The van der Waals surface area contributed by atoms with Gasteiger partial charge in [0.25, 0.3) is 0 Å². The minimum atomic E-state index is 0.124. The first-order chi connectivity index (χ1) is 10.2. The molecule has 1 amide bonds. The molecule has 21 heavy (non-hydrogen) atoms. The Labute approximate surface area is 128 Å². The molecule has 0 heterocycles. The van der Waals surface area contributed by atoms with Gasteiger partial charge in [-0.3, -0.25) is 4.79 Å². The number of rotatable bonds is 9. The lowest BCUT2D eigenvalue weighted by molar-refractivity contribution is -0.118. The van der Waals surface area contributed by atoms with Gasteiger partial charge in [0.05, 0.1) is 11.6 Å². The van der Waals surface area contributed by atoms with E-state index in [0.29, 0.717) is 12.0 Å². The summed E-state index contributed by atoms with van der Waals surface area (Å²) < 4.78 is 0. The number of benzene rings is 1.